The molecule has 2 aromatic rings. The normalized spacial score (nSPS) is 28.7. The van der Waals surface area contributed by atoms with Crippen molar-refractivity contribution in [2.24, 2.45) is 11.8 Å². The largest absolute Gasteiger partial charge is 0.488 e. The van der Waals surface area contributed by atoms with E-state index in [4.69, 9.17) is 16.3 Å². The van der Waals surface area contributed by atoms with Crippen LogP contribution in [0, 0.1) is 18.8 Å². The maximum absolute atomic E-state index is 10.5. The van der Waals surface area contributed by atoms with Crippen LogP contribution in [-0.4, -0.2) is 40.6 Å². The van der Waals surface area contributed by atoms with Gasteiger partial charge in [0, 0.05) is 18.1 Å². The molecule has 0 unspecified atom stereocenters. The van der Waals surface area contributed by atoms with E-state index in [0.717, 1.165) is 37.4 Å². The van der Waals surface area contributed by atoms with E-state index in [1.54, 1.807) is 6.07 Å². The van der Waals surface area contributed by atoms with Crippen LogP contribution in [0.5, 0.6) is 5.75 Å². The van der Waals surface area contributed by atoms with Crippen LogP contribution < -0.4 is 9.64 Å². The monoisotopic (exact) mass is 359 g/mol. The van der Waals surface area contributed by atoms with Gasteiger partial charge in [0.2, 0.25) is 0 Å². The molecule has 1 aliphatic heterocycles. The molecule has 0 bridgehead atoms. The second-order valence-corrected chi connectivity index (χ2v) is 7.55. The predicted octanol–water partition coefficient (Wildman–Crippen LogP) is 3.09. The van der Waals surface area contributed by atoms with Crippen molar-refractivity contribution in [2.45, 2.75) is 32.0 Å². The van der Waals surface area contributed by atoms with Crippen molar-refractivity contribution in [3.05, 3.63) is 47.1 Å². The van der Waals surface area contributed by atoms with Gasteiger partial charge in [0.05, 0.1) is 11.8 Å². The second-order valence-electron chi connectivity index (χ2n) is 7.11. The maximum atomic E-state index is 10.5. The number of nitrogens with zero attached hydrogens (tertiary/aromatic N) is 3. The van der Waals surface area contributed by atoms with Crippen LogP contribution in [0.4, 0.5) is 5.82 Å². The number of aromatic nitrogens is 2. The Hall–Kier alpha value is -1.85. The Bertz CT molecular complexity index is 740. The number of aryl methyl sites for hydroxylation is 1. The van der Waals surface area contributed by atoms with Gasteiger partial charge in [-0.2, -0.15) is 5.10 Å². The van der Waals surface area contributed by atoms with Crippen molar-refractivity contribution >= 4 is 17.4 Å². The molecule has 0 spiro atoms. The topological polar surface area (TPSA) is 58.5 Å². The molecule has 1 aliphatic carbocycles. The van der Waals surface area contributed by atoms with Crippen LogP contribution in [0.2, 0.25) is 5.02 Å². The van der Waals surface area contributed by atoms with Crippen molar-refractivity contribution in [1.29, 1.82) is 0 Å². The number of anilines is 1. The predicted molar refractivity (Wildman–Crippen MR) is 97.1 cm³/mol. The molecule has 2 heterocycles. The van der Waals surface area contributed by atoms with Crippen molar-refractivity contribution in [3.63, 3.8) is 0 Å². The summed E-state index contributed by atoms with van der Waals surface area (Å²) in [6.45, 7) is 3.79. The van der Waals surface area contributed by atoms with Gasteiger partial charge in [0.15, 0.2) is 5.82 Å². The summed E-state index contributed by atoms with van der Waals surface area (Å²) < 4.78 is 6.03. The molecule has 2 aliphatic rings. The minimum atomic E-state index is -0.454. The number of rotatable bonds is 3. The molecule has 6 heteroatoms. The third-order valence-electron chi connectivity index (χ3n) is 5.28. The minimum Gasteiger partial charge on any atom is -0.488 e. The van der Waals surface area contributed by atoms with E-state index in [0.29, 0.717) is 22.6 Å². The molecular formula is C19H22ClN3O2. The fourth-order valence-electron chi connectivity index (χ4n) is 3.98. The molecule has 25 heavy (non-hydrogen) atoms. The van der Waals surface area contributed by atoms with Gasteiger partial charge in [-0.3, -0.25) is 0 Å². The number of aliphatic hydroxyl groups is 1. The summed E-state index contributed by atoms with van der Waals surface area (Å²) in [7, 11) is 0. The van der Waals surface area contributed by atoms with Gasteiger partial charge in [-0.1, -0.05) is 17.7 Å². The smallest absolute Gasteiger partial charge is 0.151 e. The van der Waals surface area contributed by atoms with E-state index in [-0.39, 0.29) is 6.10 Å². The average molecular weight is 360 g/mol. The molecule has 2 fully saturated rings. The van der Waals surface area contributed by atoms with Gasteiger partial charge < -0.3 is 14.7 Å². The SMILES string of the molecule is Cc1ccc(N2C[C@H]3C[C@@H](Oc4cccc(Cl)c4)[C@H](O)C[C@H]3C2)nn1. The first-order valence-corrected chi connectivity index (χ1v) is 9.12. The lowest BCUT2D eigenvalue weighted by Gasteiger charge is -2.35. The maximum Gasteiger partial charge on any atom is 0.151 e. The number of hydrogen-bond donors (Lipinski definition) is 1. The van der Waals surface area contributed by atoms with Crippen molar-refractivity contribution in [3.8, 4) is 5.75 Å². The van der Waals surface area contributed by atoms with E-state index in [1.165, 1.54) is 0 Å². The summed E-state index contributed by atoms with van der Waals surface area (Å²) in [4.78, 5) is 2.27. The first-order valence-electron chi connectivity index (χ1n) is 8.74. The first-order chi connectivity index (χ1) is 12.1. The van der Waals surface area contributed by atoms with E-state index >= 15 is 0 Å². The molecule has 0 radical (unpaired) electrons. The van der Waals surface area contributed by atoms with Crippen molar-refractivity contribution < 1.29 is 9.84 Å². The Morgan fingerprint density at radius 2 is 1.92 bits per heavy atom. The van der Waals surface area contributed by atoms with Crippen LogP contribution in [0.15, 0.2) is 36.4 Å². The van der Waals surface area contributed by atoms with Crippen LogP contribution in [-0.2, 0) is 0 Å². The second kappa shape index (κ2) is 6.81. The molecule has 1 saturated carbocycles. The molecule has 0 amide bonds. The van der Waals surface area contributed by atoms with Crippen molar-refractivity contribution in [1.82, 2.24) is 10.2 Å². The summed E-state index contributed by atoms with van der Waals surface area (Å²) in [5.74, 6) is 2.60. The van der Waals surface area contributed by atoms with Gasteiger partial charge in [-0.25, -0.2) is 0 Å². The Kier molecular flexibility index (Phi) is 4.52. The highest BCUT2D eigenvalue weighted by Gasteiger charge is 2.43. The lowest BCUT2D eigenvalue weighted by molar-refractivity contribution is -0.0231. The summed E-state index contributed by atoms with van der Waals surface area (Å²) in [5.41, 5.74) is 0.922. The van der Waals surface area contributed by atoms with Crippen LogP contribution in [0.3, 0.4) is 0 Å². The lowest BCUT2D eigenvalue weighted by atomic mass is 9.78. The Morgan fingerprint density at radius 1 is 1.12 bits per heavy atom. The molecular weight excluding hydrogens is 338 g/mol. The zero-order chi connectivity index (χ0) is 17.4. The van der Waals surface area contributed by atoms with E-state index in [9.17, 15) is 5.11 Å². The highest BCUT2D eigenvalue weighted by molar-refractivity contribution is 6.30. The highest BCUT2D eigenvalue weighted by atomic mass is 35.5. The zero-order valence-electron chi connectivity index (χ0n) is 14.2. The van der Waals surface area contributed by atoms with Gasteiger partial charge in [-0.15, -0.1) is 5.10 Å². The van der Waals surface area contributed by atoms with Gasteiger partial charge >= 0.3 is 0 Å². The molecule has 1 saturated heterocycles. The Balaban J connectivity index is 1.44. The molecule has 4 rings (SSSR count). The van der Waals surface area contributed by atoms with Gasteiger partial charge in [-0.05, 0) is 61.9 Å². The van der Waals surface area contributed by atoms with Gasteiger partial charge in [0.1, 0.15) is 11.9 Å². The summed E-state index contributed by atoms with van der Waals surface area (Å²) in [6.07, 6.45) is 0.952. The third kappa shape index (κ3) is 3.58. The standard InChI is InChI=1S/C19H22ClN3O2/c1-12-5-6-19(22-21-12)23-10-13-7-17(24)18(8-14(13)11-23)25-16-4-2-3-15(20)9-16/h2-6,9,13-14,17-18,24H,7-8,10-11H2,1H3/t13-,14+,17+,18+/m0/s1. The quantitative estimate of drug-likeness (QED) is 0.912. The molecule has 132 valence electrons. The number of ether oxygens (including phenoxy) is 1. The fraction of sp³-hybridized carbons (Fsp3) is 0.474. The third-order valence-corrected chi connectivity index (χ3v) is 5.51. The summed E-state index contributed by atoms with van der Waals surface area (Å²) >= 11 is 6.02. The van der Waals surface area contributed by atoms with Gasteiger partial charge in [0.25, 0.3) is 0 Å². The van der Waals surface area contributed by atoms with Crippen LogP contribution in [0.1, 0.15) is 18.5 Å². The minimum absolute atomic E-state index is 0.191. The average Bonchev–Trinajstić information content (AvgIpc) is 2.98. The number of halogens is 1. The highest BCUT2D eigenvalue weighted by Crippen LogP contribution is 2.39. The van der Waals surface area contributed by atoms with E-state index in [1.807, 2.05) is 37.3 Å². The molecule has 4 atom stereocenters. The fourth-order valence-corrected chi connectivity index (χ4v) is 4.16. The molecule has 5 nitrogen and oxygen atoms in total. The number of hydrogen-bond acceptors (Lipinski definition) is 5. The van der Waals surface area contributed by atoms with Crippen molar-refractivity contribution in [2.75, 3.05) is 18.0 Å². The van der Waals surface area contributed by atoms with E-state index in [2.05, 4.69) is 15.1 Å². The number of benzene rings is 1. The molecule has 1 aromatic carbocycles. The number of fused-ring (bicyclic) bond motifs is 1. The first kappa shape index (κ1) is 16.6. The Morgan fingerprint density at radius 3 is 2.64 bits per heavy atom. The van der Waals surface area contributed by atoms with E-state index < -0.39 is 6.10 Å². The lowest BCUT2D eigenvalue weighted by Crippen LogP contribution is -2.42. The zero-order valence-corrected chi connectivity index (χ0v) is 14.9. The Labute approximate surface area is 152 Å². The molecule has 1 N–H and O–H groups in total. The summed E-state index contributed by atoms with van der Waals surface area (Å²) in [5, 5.41) is 19.6. The van der Waals surface area contributed by atoms with Crippen LogP contribution >= 0.6 is 11.6 Å². The number of aliphatic hydroxyl groups excluding tert-OH is 1. The summed E-state index contributed by atoms with van der Waals surface area (Å²) in [6, 6.07) is 11.4. The van der Waals surface area contributed by atoms with Crippen LogP contribution in [0.25, 0.3) is 0 Å². The molecule has 1 aromatic heterocycles.